The molecule has 4 aliphatic rings. The maximum absolute atomic E-state index is 15.4. The minimum atomic E-state index is -0.958. The van der Waals surface area contributed by atoms with Crippen LogP contribution >= 0.6 is 11.8 Å². The van der Waals surface area contributed by atoms with Crippen LogP contribution in [0.5, 0.6) is 0 Å². The molecule has 2 spiro atoms. The molecule has 0 radical (unpaired) electrons. The van der Waals surface area contributed by atoms with Gasteiger partial charge in [-0.3, -0.25) is 9.69 Å². The molecule has 0 N–H and O–H groups in total. The molecule has 3 aromatic carbocycles. The number of carbonyl (C=O) groups is 1. The van der Waals surface area contributed by atoms with E-state index in [1.165, 1.54) is 24.0 Å². The van der Waals surface area contributed by atoms with Crippen LogP contribution in [0.1, 0.15) is 91.5 Å². The van der Waals surface area contributed by atoms with Crippen LogP contribution < -0.4 is 0 Å². The highest BCUT2D eigenvalue weighted by molar-refractivity contribution is 8.14. The Kier molecular flexibility index (Phi) is 7.48. The lowest BCUT2D eigenvalue weighted by molar-refractivity contribution is -0.139. The van der Waals surface area contributed by atoms with Crippen LogP contribution in [0.3, 0.4) is 0 Å². The van der Waals surface area contributed by atoms with Crippen LogP contribution in [0.15, 0.2) is 83.9 Å². The quantitative estimate of drug-likeness (QED) is 0.282. The topological polar surface area (TPSA) is 41.9 Å². The fourth-order valence-corrected chi connectivity index (χ4v) is 8.69. The summed E-state index contributed by atoms with van der Waals surface area (Å²) in [5, 5.41) is 0.971. The second-order valence-corrected chi connectivity index (χ2v) is 14.2. The number of ether oxygens (including phenoxy) is 1. The summed E-state index contributed by atoms with van der Waals surface area (Å²) in [7, 11) is 1.81. The number of fused-ring (bicyclic) bond motifs is 3. The van der Waals surface area contributed by atoms with Crippen molar-refractivity contribution >= 4 is 22.8 Å². The van der Waals surface area contributed by atoms with E-state index in [0.717, 1.165) is 54.0 Å². The maximum Gasteiger partial charge on any atom is 0.262 e. The molecular weight excluding hydrogens is 548 g/mol. The van der Waals surface area contributed by atoms with Crippen molar-refractivity contribution in [2.75, 3.05) is 7.11 Å². The summed E-state index contributed by atoms with van der Waals surface area (Å²) in [6.45, 7) is 4.37. The average Bonchev–Trinajstić information content (AvgIpc) is 3.79. The number of benzene rings is 3. The van der Waals surface area contributed by atoms with E-state index in [1.807, 2.05) is 18.1 Å². The monoisotopic (exact) mass is 588 g/mol. The fraction of sp³-hybridized carbons (Fsp3) is 0.421. The summed E-state index contributed by atoms with van der Waals surface area (Å²) < 4.78 is 5.81. The van der Waals surface area contributed by atoms with E-state index in [2.05, 4.69) is 98.5 Å². The number of amidine groups is 1. The van der Waals surface area contributed by atoms with Gasteiger partial charge in [0.2, 0.25) is 0 Å². The largest absolute Gasteiger partial charge is 0.381 e. The molecule has 0 bridgehead atoms. The Morgan fingerprint density at radius 1 is 0.930 bits per heavy atom. The van der Waals surface area contributed by atoms with Crippen LogP contribution in [0.4, 0.5) is 0 Å². The number of carbonyl (C=O) groups excluding carboxylic acids is 1. The first-order chi connectivity index (χ1) is 20.9. The third kappa shape index (κ3) is 4.93. The summed E-state index contributed by atoms with van der Waals surface area (Å²) in [6.07, 6.45) is 7.21. The Labute approximate surface area is 260 Å². The number of aliphatic imine (C=N–C) groups is 1. The Morgan fingerprint density at radius 2 is 1.60 bits per heavy atom. The number of methoxy groups -OCH3 is 1. The van der Waals surface area contributed by atoms with Crippen molar-refractivity contribution in [3.63, 3.8) is 0 Å². The van der Waals surface area contributed by atoms with Gasteiger partial charge in [0, 0.05) is 29.3 Å². The molecule has 7 rings (SSSR count). The molecule has 3 atom stereocenters. The summed E-state index contributed by atoms with van der Waals surface area (Å²) >= 11 is 1.71. The van der Waals surface area contributed by atoms with Crippen molar-refractivity contribution in [1.29, 1.82) is 0 Å². The number of rotatable bonds is 5. The second kappa shape index (κ2) is 11.3. The summed E-state index contributed by atoms with van der Waals surface area (Å²) in [6, 6.07) is 27.4. The predicted octanol–water partition coefficient (Wildman–Crippen LogP) is 8.23. The highest BCUT2D eigenvalue weighted by Crippen LogP contribution is 2.63. The van der Waals surface area contributed by atoms with E-state index >= 15 is 4.79 Å². The van der Waals surface area contributed by atoms with Crippen molar-refractivity contribution in [2.45, 2.75) is 81.7 Å². The Morgan fingerprint density at radius 3 is 2.26 bits per heavy atom. The summed E-state index contributed by atoms with van der Waals surface area (Å²) in [5.41, 5.74) is 4.43. The zero-order valence-corrected chi connectivity index (χ0v) is 26.2. The van der Waals surface area contributed by atoms with Gasteiger partial charge in [0.15, 0.2) is 10.7 Å². The van der Waals surface area contributed by atoms with Crippen LogP contribution in [0.25, 0.3) is 0 Å². The molecule has 0 saturated heterocycles. The first-order valence-electron chi connectivity index (χ1n) is 15.8. The zero-order valence-electron chi connectivity index (χ0n) is 25.4. The first kappa shape index (κ1) is 28.4. The predicted molar refractivity (Wildman–Crippen MR) is 175 cm³/mol. The van der Waals surface area contributed by atoms with Gasteiger partial charge in [0.25, 0.3) is 5.91 Å². The van der Waals surface area contributed by atoms with Gasteiger partial charge in [0.1, 0.15) is 0 Å². The van der Waals surface area contributed by atoms with E-state index in [0.29, 0.717) is 5.92 Å². The van der Waals surface area contributed by atoms with Crippen LogP contribution in [-0.2, 0) is 21.5 Å². The second-order valence-electron chi connectivity index (χ2n) is 12.8. The van der Waals surface area contributed by atoms with Gasteiger partial charge in [-0.15, -0.1) is 0 Å². The van der Waals surface area contributed by atoms with Gasteiger partial charge in [-0.1, -0.05) is 90.3 Å². The number of nitrogens with zero attached hydrogens (tertiary/aromatic N) is 2. The molecule has 1 aliphatic heterocycles. The smallest absolute Gasteiger partial charge is 0.262 e. The van der Waals surface area contributed by atoms with E-state index < -0.39 is 5.54 Å². The zero-order chi connectivity index (χ0) is 29.6. The fourth-order valence-electron chi connectivity index (χ4n) is 7.54. The van der Waals surface area contributed by atoms with Crippen molar-refractivity contribution in [3.05, 3.63) is 107 Å². The standard InChI is InChI=1S/C38H40N2O2S/c1-26(30-10-6-4-7-11-30)40-35(41)38(39-36(40)43-27(2)31-12-8-5-9-13-31)34-24-29(17-16-28-14-15-28)18-19-32(34)25-37(38)22-20-33(42-3)21-23-37/h4-13,18-19,24,26-28,33H,14-15,20-23,25H2,1-3H3/t26-,27+,33?,37?,38?/m1/s1. The van der Waals surface area contributed by atoms with Gasteiger partial charge < -0.3 is 4.74 Å². The number of amides is 1. The first-order valence-corrected chi connectivity index (χ1v) is 16.7. The number of thioether (sulfide) groups is 1. The average molecular weight is 589 g/mol. The minimum absolute atomic E-state index is 0.119. The van der Waals surface area contributed by atoms with Crippen LogP contribution in [0.2, 0.25) is 0 Å². The van der Waals surface area contributed by atoms with E-state index in [1.54, 1.807) is 11.8 Å². The molecule has 2 fully saturated rings. The Hall–Kier alpha value is -3.33. The van der Waals surface area contributed by atoms with E-state index in [4.69, 9.17) is 9.73 Å². The minimum Gasteiger partial charge on any atom is -0.381 e. The third-order valence-corrected chi connectivity index (χ3v) is 11.4. The van der Waals surface area contributed by atoms with Crippen LogP contribution in [-0.4, -0.2) is 29.2 Å². The maximum atomic E-state index is 15.4. The van der Waals surface area contributed by atoms with E-state index in [9.17, 15) is 0 Å². The molecule has 3 aliphatic carbocycles. The molecule has 0 aromatic heterocycles. The molecule has 43 heavy (non-hydrogen) atoms. The van der Waals surface area contributed by atoms with Gasteiger partial charge in [0.05, 0.1) is 12.1 Å². The third-order valence-electron chi connectivity index (χ3n) is 10.2. The molecule has 4 nitrogen and oxygen atoms in total. The van der Waals surface area contributed by atoms with Gasteiger partial charge in [-0.2, -0.15) is 0 Å². The van der Waals surface area contributed by atoms with Gasteiger partial charge >= 0.3 is 0 Å². The van der Waals surface area contributed by atoms with Crippen LogP contribution in [0, 0.1) is 23.2 Å². The van der Waals surface area contributed by atoms with Gasteiger partial charge in [-0.25, -0.2) is 4.99 Å². The molecule has 5 heteroatoms. The molecule has 2 saturated carbocycles. The molecule has 1 amide bonds. The lowest BCUT2D eigenvalue weighted by atomic mass is 9.61. The van der Waals surface area contributed by atoms with Crippen molar-refractivity contribution < 1.29 is 9.53 Å². The highest BCUT2D eigenvalue weighted by Gasteiger charge is 2.67. The number of hydrogen-bond donors (Lipinski definition) is 0. The molecular formula is C38H40N2O2S. The van der Waals surface area contributed by atoms with Crippen molar-refractivity contribution in [3.8, 4) is 11.8 Å². The summed E-state index contributed by atoms with van der Waals surface area (Å²) in [5.74, 6) is 7.52. The molecule has 3 aromatic rings. The summed E-state index contributed by atoms with van der Waals surface area (Å²) in [4.78, 5) is 23.1. The molecule has 1 unspecified atom stereocenters. The highest BCUT2D eigenvalue weighted by atomic mass is 32.2. The molecule has 220 valence electrons. The Balaban J connectivity index is 1.38. The number of hydrogen-bond acceptors (Lipinski definition) is 4. The van der Waals surface area contributed by atoms with Gasteiger partial charge in [-0.05, 0) is 93.2 Å². The SMILES string of the molecule is COC1CCC2(CC1)Cc1ccc(C#CC3CC3)cc1C21N=C(S[C@@H](C)c2ccccc2)N([C@H](C)c2ccccc2)C1=O. The van der Waals surface area contributed by atoms with Crippen molar-refractivity contribution in [1.82, 2.24) is 4.90 Å². The molecule has 1 heterocycles. The van der Waals surface area contributed by atoms with E-state index in [-0.39, 0.29) is 28.7 Å². The Bertz CT molecular complexity index is 1600. The lowest BCUT2D eigenvalue weighted by Gasteiger charge is -2.45. The lowest BCUT2D eigenvalue weighted by Crippen LogP contribution is -2.52. The normalized spacial score (nSPS) is 27.5. The van der Waals surface area contributed by atoms with Crippen molar-refractivity contribution in [2.24, 2.45) is 16.3 Å².